The van der Waals surface area contributed by atoms with E-state index in [4.69, 9.17) is 22.0 Å². The van der Waals surface area contributed by atoms with Gasteiger partial charge < -0.3 is 31.9 Å². The number of rotatable bonds is 13. The van der Waals surface area contributed by atoms with Gasteiger partial charge in [-0.05, 0) is 38.8 Å². The second-order valence-electron chi connectivity index (χ2n) is 8.49. The van der Waals surface area contributed by atoms with Gasteiger partial charge in [0.05, 0.1) is 12.5 Å². The summed E-state index contributed by atoms with van der Waals surface area (Å²) in [4.78, 5) is 79.9. The summed E-state index contributed by atoms with van der Waals surface area (Å²) in [5, 5.41) is 29.4. The number of urea groups is 1. The van der Waals surface area contributed by atoms with Crippen molar-refractivity contribution in [2.24, 2.45) is 11.5 Å². The van der Waals surface area contributed by atoms with Crippen molar-refractivity contribution in [2.45, 2.75) is 50.9 Å². The highest BCUT2D eigenvalue weighted by molar-refractivity contribution is 6.23. The smallest absolute Gasteiger partial charge is 0.360 e. The fourth-order valence-corrected chi connectivity index (χ4v) is 4.34. The summed E-state index contributed by atoms with van der Waals surface area (Å²) >= 11 is 0. The summed E-state index contributed by atoms with van der Waals surface area (Å²) in [5.74, 6) is -7.38. The molecule has 1 heterocycles. The lowest BCUT2D eigenvalue weighted by Gasteiger charge is -2.43. The number of carboxylic acid groups (broad SMARTS) is 2. The number of hydrogen-bond acceptors (Lipinski definition) is 8. The van der Waals surface area contributed by atoms with E-state index in [1.165, 1.54) is 30.3 Å². The third kappa shape index (κ3) is 5.56. The predicted molar refractivity (Wildman–Crippen MR) is 133 cm³/mol. The molecule has 1 fully saturated rings. The minimum Gasteiger partial charge on any atom is -0.481 e. The van der Waals surface area contributed by atoms with Gasteiger partial charge in [0.2, 0.25) is 5.91 Å². The molecule has 15 heteroatoms. The molecule has 1 aromatic rings. The van der Waals surface area contributed by atoms with Gasteiger partial charge in [0.15, 0.2) is 11.7 Å². The van der Waals surface area contributed by atoms with E-state index in [1.54, 1.807) is 6.92 Å². The summed E-state index contributed by atoms with van der Waals surface area (Å²) in [7, 11) is 0. The average Bonchev–Trinajstić information content (AvgIpc) is 3.08. The van der Waals surface area contributed by atoms with Crippen molar-refractivity contribution in [1.82, 2.24) is 15.1 Å². The van der Waals surface area contributed by atoms with E-state index in [0.717, 1.165) is 11.8 Å². The van der Waals surface area contributed by atoms with Crippen LogP contribution >= 0.6 is 0 Å². The highest BCUT2D eigenvalue weighted by Gasteiger charge is 2.65. The zero-order valence-electron chi connectivity index (χ0n) is 20.9. The fraction of sp³-hybridized carbons (Fsp3) is 0.435. The first-order valence-corrected chi connectivity index (χ1v) is 11.7. The van der Waals surface area contributed by atoms with E-state index in [2.05, 4.69) is 5.32 Å². The molecule has 1 aliphatic heterocycles. The quantitative estimate of drug-likeness (QED) is 0.0597. The van der Waals surface area contributed by atoms with Gasteiger partial charge in [0.1, 0.15) is 6.04 Å². The van der Waals surface area contributed by atoms with E-state index in [-0.39, 0.29) is 42.5 Å². The number of aliphatic carboxylic acids is 2. The number of nitrogens with two attached hydrogens (primary N) is 2. The Morgan fingerprint density at radius 1 is 1.18 bits per heavy atom. The molecule has 206 valence electrons. The van der Waals surface area contributed by atoms with Crippen molar-refractivity contribution >= 4 is 47.2 Å². The Hall–Kier alpha value is -4.53. The number of guanidine groups is 1. The van der Waals surface area contributed by atoms with Crippen LogP contribution in [0.25, 0.3) is 0 Å². The Morgan fingerprint density at radius 2 is 1.79 bits per heavy atom. The van der Waals surface area contributed by atoms with Gasteiger partial charge in [-0.2, -0.15) is 0 Å². The Bertz CT molecular complexity index is 1110. The highest BCUT2D eigenvalue weighted by atomic mass is 16.4. The van der Waals surface area contributed by atoms with Crippen molar-refractivity contribution < 1.29 is 39.0 Å². The number of ketones is 1. The molecule has 4 amide bonds. The molecule has 38 heavy (non-hydrogen) atoms. The van der Waals surface area contributed by atoms with E-state index in [9.17, 15) is 33.9 Å². The van der Waals surface area contributed by atoms with Crippen LogP contribution in [0.4, 0.5) is 10.5 Å². The lowest BCUT2D eigenvalue weighted by atomic mass is 9.97. The first-order valence-electron chi connectivity index (χ1n) is 11.7. The number of nitrogens with one attached hydrogen (secondary N) is 2. The number of Topliss-reactive ketones (excluding diaryl/α,β-unsaturated/α-hetero) is 1. The number of hydrogen-bond donors (Lipinski definition) is 6. The molecule has 15 nitrogen and oxygen atoms in total. The number of likely N-dealkylation sites (N-methyl/N-ethyl adjacent to an activating group) is 1. The maximum absolute atomic E-state index is 13.7. The molecule has 1 aromatic carbocycles. The number of para-hydroxylation sites is 1. The summed E-state index contributed by atoms with van der Waals surface area (Å²) in [6.07, 6.45) is -0.635. The van der Waals surface area contributed by atoms with E-state index in [1.807, 2.05) is 0 Å². The van der Waals surface area contributed by atoms with Gasteiger partial charge in [0.25, 0.3) is 11.6 Å². The first kappa shape index (κ1) is 29.7. The number of nitrogens with zero attached hydrogens (tertiary/aromatic N) is 3. The monoisotopic (exact) mass is 533 g/mol. The van der Waals surface area contributed by atoms with E-state index < -0.39 is 59.7 Å². The van der Waals surface area contributed by atoms with Crippen LogP contribution in [-0.2, 0) is 24.0 Å². The molecule has 2 rings (SSSR count). The maximum atomic E-state index is 13.7. The van der Waals surface area contributed by atoms with E-state index >= 15 is 0 Å². The second-order valence-corrected chi connectivity index (χ2v) is 8.49. The van der Waals surface area contributed by atoms with Crippen LogP contribution in [0.3, 0.4) is 0 Å². The predicted octanol–water partition coefficient (Wildman–Crippen LogP) is -0.893. The van der Waals surface area contributed by atoms with Gasteiger partial charge in [-0.3, -0.25) is 29.5 Å². The Morgan fingerprint density at radius 3 is 2.26 bits per heavy atom. The molecule has 0 unspecified atom stereocenters. The summed E-state index contributed by atoms with van der Waals surface area (Å²) < 4.78 is 0. The Kier molecular flexibility index (Phi) is 9.49. The van der Waals surface area contributed by atoms with Crippen molar-refractivity contribution in [2.75, 3.05) is 18.0 Å². The number of carbonyl (C=O) groups is 6. The summed E-state index contributed by atoms with van der Waals surface area (Å²) in [6.45, 7) is 2.51. The van der Waals surface area contributed by atoms with Crippen LogP contribution in [0.15, 0.2) is 30.3 Å². The van der Waals surface area contributed by atoms with Crippen molar-refractivity contribution in [3.63, 3.8) is 0 Å². The van der Waals surface area contributed by atoms with Crippen LogP contribution in [0.5, 0.6) is 0 Å². The zero-order chi connectivity index (χ0) is 28.8. The Balaban J connectivity index is 2.73. The summed E-state index contributed by atoms with van der Waals surface area (Å²) in [6, 6.07) is 2.78. The molecule has 0 aliphatic carbocycles. The topological polar surface area (TPSA) is 241 Å². The van der Waals surface area contributed by atoms with Gasteiger partial charge in [-0.25, -0.2) is 14.5 Å². The van der Waals surface area contributed by atoms with Crippen LogP contribution in [0.1, 0.15) is 33.1 Å². The van der Waals surface area contributed by atoms with Gasteiger partial charge in [-0.1, -0.05) is 18.2 Å². The lowest BCUT2D eigenvalue weighted by molar-refractivity contribution is -0.161. The van der Waals surface area contributed by atoms with Crippen molar-refractivity contribution in [1.29, 1.82) is 5.41 Å². The van der Waals surface area contributed by atoms with Crippen molar-refractivity contribution in [3.05, 3.63) is 30.3 Å². The van der Waals surface area contributed by atoms with Gasteiger partial charge in [-0.15, -0.1) is 0 Å². The minimum atomic E-state index is -3.21. The van der Waals surface area contributed by atoms with Gasteiger partial charge >= 0.3 is 18.0 Å². The van der Waals surface area contributed by atoms with Crippen LogP contribution in [-0.4, -0.2) is 92.4 Å². The van der Waals surface area contributed by atoms with Crippen LogP contribution in [0.2, 0.25) is 0 Å². The molecule has 8 N–H and O–H groups in total. The molecular weight excluding hydrogens is 502 g/mol. The molecule has 0 spiro atoms. The van der Waals surface area contributed by atoms with Gasteiger partial charge in [0, 0.05) is 18.8 Å². The molecule has 3 atom stereocenters. The summed E-state index contributed by atoms with van der Waals surface area (Å²) in [5.41, 5.74) is 7.64. The highest BCUT2D eigenvalue weighted by Crippen LogP contribution is 2.36. The maximum Gasteiger partial charge on any atom is 0.360 e. The standard InChI is InChI=1S/C23H31N7O8/c1-3-28-16(10-7-11-27-21(25)26)19(35)30(22(28)38)23(13(2)31,20(36)37)29(14-8-5-4-6-9-14)18(34)15(24)12-17(32)33/h4-6,8-9,15-16H,3,7,10-12,24H2,1-2H3,(H,32,33)(H,36,37)(H4,25,26,27)/t15-,16-,23+/m0/s1. The van der Waals surface area contributed by atoms with Crippen LogP contribution < -0.4 is 21.7 Å². The molecular formula is C23H31N7O8. The molecule has 1 aliphatic rings. The Labute approximate surface area is 217 Å². The number of anilines is 1. The largest absolute Gasteiger partial charge is 0.481 e. The first-order chi connectivity index (χ1) is 17.8. The third-order valence-corrected chi connectivity index (χ3v) is 6.01. The zero-order valence-corrected chi connectivity index (χ0v) is 20.9. The van der Waals surface area contributed by atoms with Crippen molar-refractivity contribution in [3.8, 4) is 0 Å². The molecule has 0 bridgehead atoms. The number of amides is 4. The third-order valence-electron chi connectivity index (χ3n) is 6.01. The number of benzene rings is 1. The molecule has 0 radical (unpaired) electrons. The van der Waals surface area contributed by atoms with Crippen LogP contribution in [0, 0.1) is 5.41 Å². The fourth-order valence-electron chi connectivity index (χ4n) is 4.34. The molecule has 0 saturated carbocycles. The number of carbonyl (C=O) groups excluding carboxylic acids is 4. The second kappa shape index (κ2) is 12.1. The number of carboxylic acids is 2. The minimum absolute atomic E-state index is 0.0284. The van der Waals surface area contributed by atoms with E-state index in [0.29, 0.717) is 4.90 Å². The lowest BCUT2D eigenvalue weighted by Crippen LogP contribution is -2.74. The molecule has 1 saturated heterocycles. The average molecular weight is 534 g/mol. The number of imide groups is 1. The SMILES string of the molecule is CCN1C(=O)N([C@](C(C)=O)(C(=O)O)N(C(=O)[C@@H](N)CC(=O)O)c2ccccc2)C(=O)[C@@H]1CCCNC(=N)N. The molecule has 0 aromatic heterocycles. The normalized spacial score (nSPS) is 17.5.